The minimum atomic E-state index is -2.33. The number of hydrogen-bond donors (Lipinski definition) is 3. The summed E-state index contributed by atoms with van der Waals surface area (Å²) in [6.07, 6.45) is -4.84. The van der Waals surface area contributed by atoms with Gasteiger partial charge in [0.05, 0.1) is 26.1 Å². The number of carbonyl (C=O) groups is 3. The number of halogens is 2. The summed E-state index contributed by atoms with van der Waals surface area (Å²) in [6, 6.07) is 6.42. The van der Waals surface area contributed by atoms with E-state index in [0.29, 0.717) is 24.3 Å². The van der Waals surface area contributed by atoms with Gasteiger partial charge in [-0.15, -0.1) is 0 Å². The number of urea groups is 1. The number of aliphatic hydroxyl groups excluding tert-OH is 1. The Labute approximate surface area is 261 Å². The highest BCUT2D eigenvalue weighted by Gasteiger charge is 2.53. The van der Waals surface area contributed by atoms with Gasteiger partial charge in [0.1, 0.15) is 17.7 Å². The molecule has 3 aromatic rings. The van der Waals surface area contributed by atoms with Gasteiger partial charge >= 0.3 is 18.0 Å². The summed E-state index contributed by atoms with van der Waals surface area (Å²) in [5, 5.41) is 13.4. The highest BCUT2D eigenvalue weighted by molar-refractivity contribution is 6.28. The molecule has 0 saturated carbocycles. The quantitative estimate of drug-likeness (QED) is 0.155. The molecule has 1 aromatic carbocycles. The number of imidazole rings is 1. The Morgan fingerprint density at radius 2 is 1.89 bits per heavy atom. The van der Waals surface area contributed by atoms with Crippen LogP contribution in [0.1, 0.15) is 32.1 Å². The number of anilines is 2. The molecule has 17 heteroatoms. The fraction of sp³-hybridized carbons (Fsp3) is 0.500. The Kier molecular flexibility index (Phi) is 9.67. The number of fused-ring (bicyclic) bond motifs is 1. The highest BCUT2D eigenvalue weighted by Crippen LogP contribution is 2.36. The third-order valence-corrected chi connectivity index (χ3v) is 7.64. The summed E-state index contributed by atoms with van der Waals surface area (Å²) >= 11 is 5.93. The first kappa shape index (κ1) is 32.3. The average molecular weight is 650 g/mol. The number of carbonyl (C=O) groups excluding carboxylic acids is 3. The zero-order valence-electron chi connectivity index (χ0n) is 24.5. The molecule has 45 heavy (non-hydrogen) atoms. The van der Waals surface area contributed by atoms with Crippen molar-refractivity contribution in [3.63, 3.8) is 0 Å². The Bertz CT molecular complexity index is 1540. The number of nitrogens with one attached hydrogen (secondary N) is 1. The van der Waals surface area contributed by atoms with Gasteiger partial charge in [0, 0.05) is 25.2 Å². The van der Waals surface area contributed by atoms with E-state index >= 15 is 4.39 Å². The van der Waals surface area contributed by atoms with Crippen LogP contribution >= 0.6 is 11.6 Å². The molecular formula is C28H33ClFN7O8. The molecule has 15 nitrogen and oxygen atoms in total. The minimum absolute atomic E-state index is 0.0292. The number of rotatable bonds is 11. The molecule has 0 aliphatic carbocycles. The van der Waals surface area contributed by atoms with E-state index in [-0.39, 0.29) is 47.9 Å². The molecule has 2 fully saturated rings. The Balaban J connectivity index is 1.40. The van der Waals surface area contributed by atoms with Crippen LogP contribution in [0.25, 0.3) is 11.2 Å². The first-order chi connectivity index (χ1) is 21.6. The van der Waals surface area contributed by atoms with Crippen molar-refractivity contribution in [2.45, 2.75) is 56.9 Å². The third kappa shape index (κ3) is 6.36. The molecule has 2 aliphatic rings. The molecule has 2 amide bonds. The molecule has 4 N–H and O–H groups in total. The maximum atomic E-state index is 15.5. The fourth-order valence-electron chi connectivity index (χ4n) is 5.24. The van der Waals surface area contributed by atoms with Gasteiger partial charge in [-0.1, -0.05) is 12.1 Å². The van der Waals surface area contributed by atoms with Crippen molar-refractivity contribution in [3.8, 4) is 0 Å². The van der Waals surface area contributed by atoms with Crippen LogP contribution in [-0.2, 0) is 35.0 Å². The number of amides is 2. The zero-order valence-corrected chi connectivity index (χ0v) is 25.3. The molecule has 2 aliphatic heterocycles. The van der Waals surface area contributed by atoms with Crippen molar-refractivity contribution in [1.82, 2.24) is 24.8 Å². The molecule has 2 aromatic heterocycles. The first-order valence-corrected chi connectivity index (χ1v) is 14.7. The monoisotopic (exact) mass is 649 g/mol. The molecule has 4 atom stereocenters. The summed E-state index contributed by atoms with van der Waals surface area (Å²) in [4.78, 5) is 52.7. The lowest BCUT2D eigenvalue weighted by Crippen LogP contribution is -2.54. The van der Waals surface area contributed by atoms with Crippen LogP contribution in [-0.4, -0.2) is 99.5 Å². The zero-order chi connectivity index (χ0) is 32.3. The Morgan fingerprint density at radius 3 is 2.53 bits per heavy atom. The molecule has 2 saturated heterocycles. The van der Waals surface area contributed by atoms with Crippen molar-refractivity contribution in [2.24, 2.45) is 0 Å². The van der Waals surface area contributed by atoms with Crippen LogP contribution in [0.15, 0.2) is 30.6 Å². The second kappa shape index (κ2) is 13.5. The van der Waals surface area contributed by atoms with Crippen LogP contribution in [0, 0.1) is 0 Å². The lowest BCUT2D eigenvalue weighted by atomic mass is 9.93. The lowest BCUT2D eigenvalue weighted by Gasteiger charge is -2.31. The predicted octanol–water partition coefficient (Wildman–Crippen LogP) is 1.70. The predicted molar refractivity (Wildman–Crippen MR) is 157 cm³/mol. The van der Waals surface area contributed by atoms with E-state index in [1.165, 1.54) is 10.9 Å². The lowest BCUT2D eigenvalue weighted by molar-refractivity contribution is -0.197. The van der Waals surface area contributed by atoms with Crippen molar-refractivity contribution in [2.75, 3.05) is 43.5 Å². The maximum absolute atomic E-state index is 15.5. The number of aromatic nitrogens is 4. The van der Waals surface area contributed by atoms with E-state index in [1.807, 2.05) is 0 Å². The molecule has 4 heterocycles. The third-order valence-electron chi connectivity index (χ3n) is 7.47. The summed E-state index contributed by atoms with van der Waals surface area (Å²) in [7, 11) is 0. The van der Waals surface area contributed by atoms with E-state index in [1.54, 1.807) is 43.0 Å². The number of nitrogens with zero attached hydrogens (tertiary/aromatic N) is 5. The van der Waals surface area contributed by atoms with Crippen molar-refractivity contribution in [1.29, 1.82) is 0 Å². The number of esters is 2. The molecule has 5 rings (SSSR count). The van der Waals surface area contributed by atoms with Gasteiger partial charge < -0.3 is 35.1 Å². The number of nitrogen functional groups attached to an aromatic ring is 1. The van der Waals surface area contributed by atoms with Gasteiger partial charge in [-0.25, -0.2) is 23.8 Å². The van der Waals surface area contributed by atoms with Crippen molar-refractivity contribution < 1.29 is 42.8 Å². The molecule has 0 radical (unpaired) electrons. The number of aliphatic hydroxyl groups is 1. The van der Waals surface area contributed by atoms with Crippen LogP contribution < -0.4 is 16.0 Å². The number of alkyl halides is 1. The van der Waals surface area contributed by atoms with Gasteiger partial charge in [-0.05, 0) is 49.6 Å². The van der Waals surface area contributed by atoms with Gasteiger partial charge in [0.2, 0.25) is 5.28 Å². The largest absolute Gasteiger partial charge is 0.463 e. The standard InChI is InChI=1S/C28H33ClFN7O8/c1-3-42-24(39)28(25(40)43-4-2,12-15-6-8-16(9-7-15)36-11-5-10-32-27(36)41)44-13-17-20(38)18(30)23(45-17)37-14-33-19-21(31)34-26(29)35-22(19)37/h6-9,14,17-18,20,23,38H,3-5,10-13H2,1-2H3,(H,32,41)(H2,31,34,35)/t17-,18+,20-,23-/m1/s1. The summed E-state index contributed by atoms with van der Waals surface area (Å²) < 4.78 is 38.9. The molecule has 0 bridgehead atoms. The Morgan fingerprint density at radius 1 is 1.20 bits per heavy atom. The summed E-state index contributed by atoms with van der Waals surface area (Å²) in [6.45, 7) is 3.49. The van der Waals surface area contributed by atoms with Crippen LogP contribution in [0.4, 0.5) is 20.7 Å². The number of ether oxygens (including phenoxy) is 4. The van der Waals surface area contributed by atoms with Gasteiger partial charge in [-0.3, -0.25) is 9.47 Å². The molecule has 242 valence electrons. The fourth-order valence-corrected chi connectivity index (χ4v) is 5.41. The normalized spacial score (nSPS) is 22.0. The van der Waals surface area contributed by atoms with Crippen molar-refractivity contribution in [3.05, 3.63) is 41.4 Å². The number of hydrogen-bond acceptors (Lipinski definition) is 12. The minimum Gasteiger partial charge on any atom is -0.463 e. The second-order valence-corrected chi connectivity index (χ2v) is 10.7. The van der Waals surface area contributed by atoms with Crippen LogP contribution in [0.5, 0.6) is 0 Å². The van der Waals surface area contributed by atoms with Crippen LogP contribution in [0.2, 0.25) is 5.28 Å². The van der Waals surface area contributed by atoms with E-state index in [4.69, 9.17) is 36.3 Å². The highest BCUT2D eigenvalue weighted by atomic mass is 35.5. The molecule has 0 spiro atoms. The van der Waals surface area contributed by atoms with E-state index in [9.17, 15) is 19.5 Å². The van der Waals surface area contributed by atoms with Crippen LogP contribution in [0.3, 0.4) is 0 Å². The number of nitrogens with two attached hydrogens (primary N) is 1. The number of benzene rings is 1. The smallest absolute Gasteiger partial charge is 0.350 e. The van der Waals surface area contributed by atoms with E-state index in [0.717, 1.165) is 6.42 Å². The summed E-state index contributed by atoms with van der Waals surface area (Å²) in [5.41, 5.74) is 4.85. The summed E-state index contributed by atoms with van der Waals surface area (Å²) in [5.74, 6) is -2.10. The second-order valence-electron chi connectivity index (χ2n) is 10.4. The van der Waals surface area contributed by atoms with Gasteiger partial charge in [0.25, 0.3) is 5.60 Å². The topological polar surface area (TPSA) is 193 Å². The van der Waals surface area contributed by atoms with E-state index in [2.05, 4.69) is 20.3 Å². The maximum Gasteiger partial charge on any atom is 0.350 e. The van der Waals surface area contributed by atoms with Crippen molar-refractivity contribution >= 4 is 52.2 Å². The average Bonchev–Trinajstić information content (AvgIpc) is 3.56. The molecular weight excluding hydrogens is 617 g/mol. The SMILES string of the molecule is CCOC(=O)C(Cc1ccc(N2CCCNC2=O)cc1)(OC[C@H]1O[C@@H](n2cnc3c(N)nc(Cl)nc32)[C@@H](F)[C@@H]1O)C(=O)OCC. The Hall–Kier alpha value is -4.12. The first-order valence-electron chi connectivity index (χ1n) is 14.4. The van der Waals surface area contributed by atoms with Gasteiger partial charge in [-0.2, -0.15) is 9.97 Å². The van der Waals surface area contributed by atoms with Gasteiger partial charge in [0.15, 0.2) is 23.9 Å². The molecule has 0 unspecified atom stereocenters. The van der Waals surface area contributed by atoms with E-state index < -0.39 is 48.8 Å².